The zero-order valence-electron chi connectivity index (χ0n) is 10.7. The first-order valence-electron chi connectivity index (χ1n) is 6.36. The summed E-state index contributed by atoms with van der Waals surface area (Å²) < 4.78 is 11.1. The van der Waals surface area contributed by atoms with Gasteiger partial charge in [-0.05, 0) is 13.3 Å². The first-order valence-corrected chi connectivity index (χ1v) is 6.36. The molecule has 1 atom stereocenters. The minimum atomic E-state index is -0.149. The van der Waals surface area contributed by atoms with Crippen molar-refractivity contribution in [1.82, 2.24) is 10.2 Å². The van der Waals surface area contributed by atoms with Gasteiger partial charge in [0.1, 0.15) is 6.61 Å². The average Bonchev–Trinajstić information content (AvgIpc) is 2.33. The van der Waals surface area contributed by atoms with Crippen LogP contribution in [0.1, 0.15) is 20.3 Å². The number of ether oxygens (including phenoxy) is 2. The number of morpholine rings is 1. The van der Waals surface area contributed by atoms with Crippen molar-refractivity contribution < 1.29 is 14.3 Å². The van der Waals surface area contributed by atoms with Gasteiger partial charge >= 0.3 is 0 Å². The summed E-state index contributed by atoms with van der Waals surface area (Å²) in [6.07, 6.45) is 0.935. The van der Waals surface area contributed by atoms with Crippen molar-refractivity contribution in [1.29, 1.82) is 0 Å². The van der Waals surface area contributed by atoms with Crippen molar-refractivity contribution in [2.45, 2.75) is 31.9 Å². The molecule has 5 heteroatoms. The van der Waals surface area contributed by atoms with E-state index < -0.39 is 0 Å². The fourth-order valence-electron chi connectivity index (χ4n) is 2.22. The fourth-order valence-corrected chi connectivity index (χ4v) is 2.22. The van der Waals surface area contributed by atoms with Crippen LogP contribution < -0.4 is 5.32 Å². The van der Waals surface area contributed by atoms with Crippen LogP contribution in [0.3, 0.4) is 0 Å². The maximum absolute atomic E-state index is 12.1. The van der Waals surface area contributed by atoms with E-state index in [1.807, 2.05) is 11.8 Å². The van der Waals surface area contributed by atoms with E-state index in [-0.39, 0.29) is 24.2 Å². The van der Waals surface area contributed by atoms with E-state index in [2.05, 4.69) is 12.2 Å². The fraction of sp³-hybridized carbons (Fsp3) is 0.917. The molecule has 5 nitrogen and oxygen atoms in total. The second kappa shape index (κ2) is 5.33. The molecule has 0 aliphatic carbocycles. The number of nitrogens with one attached hydrogen (secondary N) is 1. The Hall–Kier alpha value is -0.650. The SMILES string of the molecule is CCC1COCCN1C(=O)COC1(C)CNC1. The quantitative estimate of drug-likeness (QED) is 0.754. The third kappa shape index (κ3) is 2.97. The summed E-state index contributed by atoms with van der Waals surface area (Å²) in [5.41, 5.74) is -0.149. The predicted octanol–water partition coefficient (Wildman–Crippen LogP) is 0.00230. The summed E-state index contributed by atoms with van der Waals surface area (Å²) in [6.45, 7) is 7.96. The van der Waals surface area contributed by atoms with Crippen LogP contribution >= 0.6 is 0 Å². The summed E-state index contributed by atoms with van der Waals surface area (Å²) in [5.74, 6) is 0.0910. The van der Waals surface area contributed by atoms with Crippen LogP contribution in [0.2, 0.25) is 0 Å². The van der Waals surface area contributed by atoms with E-state index in [1.54, 1.807) is 0 Å². The molecule has 0 aromatic carbocycles. The molecule has 1 amide bonds. The van der Waals surface area contributed by atoms with Gasteiger partial charge < -0.3 is 19.7 Å². The number of rotatable bonds is 4. The highest BCUT2D eigenvalue weighted by Gasteiger charge is 2.34. The Morgan fingerprint density at radius 2 is 2.35 bits per heavy atom. The van der Waals surface area contributed by atoms with E-state index in [0.29, 0.717) is 19.8 Å². The minimum absolute atomic E-state index is 0.0910. The summed E-state index contributed by atoms with van der Waals surface area (Å²) >= 11 is 0. The molecule has 2 aliphatic heterocycles. The van der Waals surface area contributed by atoms with Crippen LogP contribution in [-0.2, 0) is 14.3 Å². The molecular weight excluding hydrogens is 220 g/mol. The second-order valence-corrected chi connectivity index (χ2v) is 5.07. The van der Waals surface area contributed by atoms with Gasteiger partial charge in [-0.15, -0.1) is 0 Å². The van der Waals surface area contributed by atoms with E-state index in [9.17, 15) is 4.79 Å². The average molecular weight is 242 g/mol. The lowest BCUT2D eigenvalue weighted by Crippen LogP contribution is -2.60. The highest BCUT2D eigenvalue weighted by atomic mass is 16.5. The summed E-state index contributed by atoms with van der Waals surface area (Å²) in [7, 11) is 0. The first kappa shape index (κ1) is 12.8. The molecule has 2 rings (SSSR count). The van der Waals surface area contributed by atoms with Gasteiger partial charge in [0.15, 0.2) is 0 Å². The molecule has 0 aromatic heterocycles. The maximum Gasteiger partial charge on any atom is 0.249 e. The topological polar surface area (TPSA) is 50.8 Å². The second-order valence-electron chi connectivity index (χ2n) is 5.07. The van der Waals surface area contributed by atoms with E-state index in [0.717, 1.165) is 19.5 Å². The Balaban J connectivity index is 1.81. The van der Waals surface area contributed by atoms with Crippen LogP contribution in [0.15, 0.2) is 0 Å². The van der Waals surface area contributed by atoms with Gasteiger partial charge in [-0.2, -0.15) is 0 Å². The number of hydrogen-bond donors (Lipinski definition) is 1. The lowest BCUT2D eigenvalue weighted by molar-refractivity contribution is -0.154. The Bertz CT molecular complexity index is 279. The van der Waals surface area contributed by atoms with E-state index >= 15 is 0 Å². The highest BCUT2D eigenvalue weighted by Crippen LogP contribution is 2.16. The predicted molar refractivity (Wildman–Crippen MR) is 63.8 cm³/mol. The maximum atomic E-state index is 12.1. The zero-order chi connectivity index (χ0) is 12.3. The van der Waals surface area contributed by atoms with Crippen LogP contribution in [0, 0.1) is 0 Å². The molecule has 98 valence electrons. The Morgan fingerprint density at radius 3 is 2.94 bits per heavy atom. The lowest BCUT2D eigenvalue weighted by atomic mass is 10.0. The summed E-state index contributed by atoms with van der Waals surface area (Å²) in [5, 5.41) is 3.16. The van der Waals surface area contributed by atoms with Crippen LogP contribution in [-0.4, -0.2) is 61.9 Å². The molecule has 1 N–H and O–H groups in total. The standard InChI is InChI=1S/C12H22N2O3/c1-3-10-6-16-5-4-14(10)11(15)7-17-12(2)8-13-9-12/h10,13H,3-9H2,1-2H3. The Morgan fingerprint density at radius 1 is 1.59 bits per heavy atom. The molecule has 2 aliphatic rings. The normalized spacial score (nSPS) is 27.6. The van der Waals surface area contributed by atoms with Crippen molar-refractivity contribution >= 4 is 5.91 Å². The van der Waals surface area contributed by atoms with Crippen molar-refractivity contribution in [3.63, 3.8) is 0 Å². The van der Waals surface area contributed by atoms with Crippen LogP contribution in [0.4, 0.5) is 0 Å². The molecule has 2 saturated heterocycles. The molecule has 2 fully saturated rings. The first-order chi connectivity index (χ1) is 8.14. The number of amides is 1. The summed E-state index contributed by atoms with van der Waals surface area (Å²) in [4.78, 5) is 14.0. The van der Waals surface area contributed by atoms with E-state index in [1.165, 1.54) is 0 Å². The molecule has 1 unspecified atom stereocenters. The summed E-state index contributed by atoms with van der Waals surface area (Å²) in [6, 6.07) is 0.215. The Labute approximate surface area is 102 Å². The van der Waals surface area contributed by atoms with Crippen molar-refractivity contribution in [3.05, 3.63) is 0 Å². The monoisotopic (exact) mass is 242 g/mol. The molecular formula is C12H22N2O3. The number of nitrogens with zero attached hydrogens (tertiary/aromatic N) is 1. The number of carbonyl (C=O) groups excluding carboxylic acids is 1. The number of hydrogen-bond acceptors (Lipinski definition) is 4. The molecule has 0 spiro atoms. The lowest BCUT2D eigenvalue weighted by Gasteiger charge is -2.40. The van der Waals surface area contributed by atoms with Gasteiger partial charge in [-0.3, -0.25) is 4.79 Å². The smallest absolute Gasteiger partial charge is 0.249 e. The van der Waals surface area contributed by atoms with Gasteiger partial charge in [0.25, 0.3) is 0 Å². The molecule has 0 saturated carbocycles. The van der Waals surface area contributed by atoms with Gasteiger partial charge in [0, 0.05) is 19.6 Å². The minimum Gasteiger partial charge on any atom is -0.377 e. The molecule has 0 radical (unpaired) electrons. The van der Waals surface area contributed by atoms with Gasteiger partial charge in [0.05, 0.1) is 24.9 Å². The number of carbonyl (C=O) groups is 1. The molecule has 0 bridgehead atoms. The zero-order valence-corrected chi connectivity index (χ0v) is 10.7. The van der Waals surface area contributed by atoms with Gasteiger partial charge in [0.2, 0.25) is 5.91 Å². The third-order valence-electron chi connectivity index (χ3n) is 3.56. The molecule has 2 heterocycles. The molecule has 17 heavy (non-hydrogen) atoms. The van der Waals surface area contributed by atoms with Gasteiger partial charge in [-0.25, -0.2) is 0 Å². The van der Waals surface area contributed by atoms with Crippen molar-refractivity contribution in [2.24, 2.45) is 0 Å². The van der Waals surface area contributed by atoms with E-state index in [4.69, 9.17) is 9.47 Å². The largest absolute Gasteiger partial charge is 0.377 e. The van der Waals surface area contributed by atoms with Crippen molar-refractivity contribution in [3.8, 4) is 0 Å². The highest BCUT2D eigenvalue weighted by molar-refractivity contribution is 5.78. The molecule has 0 aromatic rings. The van der Waals surface area contributed by atoms with Crippen LogP contribution in [0.5, 0.6) is 0 Å². The van der Waals surface area contributed by atoms with Crippen LogP contribution in [0.25, 0.3) is 0 Å². The Kier molecular flexibility index (Phi) is 4.01. The third-order valence-corrected chi connectivity index (χ3v) is 3.56. The van der Waals surface area contributed by atoms with Gasteiger partial charge in [-0.1, -0.05) is 6.92 Å². The van der Waals surface area contributed by atoms with Crippen molar-refractivity contribution in [2.75, 3.05) is 39.5 Å².